The molecule has 138 valence electrons. The molecule has 0 saturated heterocycles. The number of para-hydroxylation sites is 1. The molecule has 0 aliphatic heterocycles. The number of hydrogen-bond donors (Lipinski definition) is 1. The van der Waals surface area contributed by atoms with Gasteiger partial charge < -0.3 is 14.8 Å². The topological polar surface area (TPSA) is 47.6 Å². The SMILES string of the molecule is COc1ccc(O[C@H](C)C(=O)Nc2ccccc2Sc2ccccc2)cc1. The van der Waals surface area contributed by atoms with Crippen LogP contribution >= 0.6 is 11.8 Å². The van der Waals surface area contributed by atoms with Gasteiger partial charge in [0.25, 0.3) is 5.91 Å². The summed E-state index contributed by atoms with van der Waals surface area (Å²) < 4.78 is 10.9. The second-order valence-electron chi connectivity index (χ2n) is 5.84. The van der Waals surface area contributed by atoms with E-state index in [4.69, 9.17) is 9.47 Å². The molecular weight excluding hydrogens is 358 g/mol. The minimum Gasteiger partial charge on any atom is -0.497 e. The maximum atomic E-state index is 12.6. The fraction of sp³-hybridized carbons (Fsp3) is 0.136. The minimum atomic E-state index is -0.631. The van der Waals surface area contributed by atoms with Gasteiger partial charge in [0, 0.05) is 9.79 Å². The lowest BCUT2D eigenvalue weighted by molar-refractivity contribution is -0.122. The molecule has 5 heteroatoms. The molecule has 4 nitrogen and oxygen atoms in total. The van der Waals surface area contributed by atoms with Crippen molar-refractivity contribution in [1.29, 1.82) is 0 Å². The van der Waals surface area contributed by atoms with Crippen molar-refractivity contribution in [1.82, 2.24) is 0 Å². The van der Waals surface area contributed by atoms with E-state index < -0.39 is 6.10 Å². The fourth-order valence-electron chi connectivity index (χ4n) is 2.42. The zero-order chi connectivity index (χ0) is 19.1. The van der Waals surface area contributed by atoms with Crippen molar-refractivity contribution < 1.29 is 14.3 Å². The minimum absolute atomic E-state index is 0.202. The number of carbonyl (C=O) groups is 1. The number of rotatable bonds is 7. The molecule has 0 bridgehead atoms. The second-order valence-corrected chi connectivity index (χ2v) is 6.95. The summed E-state index contributed by atoms with van der Waals surface area (Å²) in [6.07, 6.45) is -0.631. The number of anilines is 1. The molecule has 3 aromatic rings. The van der Waals surface area contributed by atoms with Crippen LogP contribution in [-0.4, -0.2) is 19.1 Å². The van der Waals surface area contributed by atoms with Crippen molar-refractivity contribution in [3.05, 3.63) is 78.9 Å². The Balaban J connectivity index is 1.66. The summed E-state index contributed by atoms with van der Waals surface area (Å²) in [7, 11) is 1.61. The fourth-order valence-corrected chi connectivity index (χ4v) is 3.34. The molecule has 0 aliphatic carbocycles. The van der Waals surface area contributed by atoms with Gasteiger partial charge >= 0.3 is 0 Å². The highest BCUT2D eigenvalue weighted by Crippen LogP contribution is 2.33. The summed E-state index contributed by atoms with van der Waals surface area (Å²) in [4.78, 5) is 14.7. The molecule has 0 saturated carbocycles. The summed E-state index contributed by atoms with van der Waals surface area (Å²) in [6, 6.07) is 24.9. The van der Waals surface area contributed by atoms with Gasteiger partial charge in [0.05, 0.1) is 12.8 Å². The predicted octanol–water partition coefficient (Wildman–Crippen LogP) is 5.25. The Morgan fingerprint density at radius 1 is 0.889 bits per heavy atom. The van der Waals surface area contributed by atoms with E-state index in [1.165, 1.54) is 0 Å². The number of benzene rings is 3. The van der Waals surface area contributed by atoms with E-state index in [1.54, 1.807) is 50.1 Å². The average Bonchev–Trinajstić information content (AvgIpc) is 2.71. The quantitative estimate of drug-likeness (QED) is 0.609. The largest absolute Gasteiger partial charge is 0.497 e. The van der Waals surface area contributed by atoms with Gasteiger partial charge in [-0.3, -0.25) is 4.79 Å². The highest BCUT2D eigenvalue weighted by molar-refractivity contribution is 7.99. The molecule has 0 unspecified atom stereocenters. The van der Waals surface area contributed by atoms with Gasteiger partial charge in [0.15, 0.2) is 6.10 Å². The standard InChI is InChI=1S/C22H21NO3S/c1-16(26-18-14-12-17(25-2)13-15-18)22(24)23-20-10-6-7-11-21(20)27-19-8-4-3-5-9-19/h3-16H,1-2H3,(H,23,24)/t16-/m1/s1. The van der Waals surface area contributed by atoms with Crippen molar-refractivity contribution in [2.45, 2.75) is 22.8 Å². The van der Waals surface area contributed by atoms with Crippen LogP contribution in [-0.2, 0) is 4.79 Å². The normalized spacial score (nSPS) is 11.5. The van der Waals surface area contributed by atoms with E-state index in [-0.39, 0.29) is 5.91 Å². The molecule has 0 heterocycles. The Morgan fingerprint density at radius 3 is 2.22 bits per heavy atom. The first kappa shape index (κ1) is 18.9. The first-order chi connectivity index (χ1) is 13.2. The molecule has 1 atom stereocenters. The highest BCUT2D eigenvalue weighted by Gasteiger charge is 2.16. The van der Waals surface area contributed by atoms with Crippen LogP contribution in [0.25, 0.3) is 0 Å². The maximum Gasteiger partial charge on any atom is 0.265 e. The molecule has 0 aliphatic rings. The summed E-state index contributed by atoms with van der Waals surface area (Å²) >= 11 is 1.61. The Bertz CT molecular complexity index is 882. The van der Waals surface area contributed by atoms with Crippen LogP contribution in [0.15, 0.2) is 88.7 Å². The third kappa shape index (κ3) is 5.28. The first-order valence-corrected chi connectivity index (χ1v) is 9.41. The molecule has 0 spiro atoms. The third-order valence-electron chi connectivity index (χ3n) is 3.86. The predicted molar refractivity (Wildman–Crippen MR) is 109 cm³/mol. The molecule has 27 heavy (non-hydrogen) atoms. The summed E-state index contributed by atoms with van der Waals surface area (Å²) in [5.41, 5.74) is 0.765. The van der Waals surface area contributed by atoms with Crippen LogP contribution in [0.5, 0.6) is 11.5 Å². The van der Waals surface area contributed by atoms with E-state index in [0.29, 0.717) is 5.75 Å². The van der Waals surface area contributed by atoms with Crippen LogP contribution in [0, 0.1) is 0 Å². The lowest BCUT2D eigenvalue weighted by atomic mass is 10.3. The Hall–Kier alpha value is -2.92. The molecular formula is C22H21NO3S. The van der Waals surface area contributed by atoms with Crippen molar-refractivity contribution in [2.24, 2.45) is 0 Å². The van der Waals surface area contributed by atoms with E-state index in [1.807, 2.05) is 54.6 Å². The summed E-state index contributed by atoms with van der Waals surface area (Å²) in [5.74, 6) is 1.16. The molecule has 0 radical (unpaired) electrons. The van der Waals surface area contributed by atoms with Gasteiger partial charge in [-0.15, -0.1) is 0 Å². The monoisotopic (exact) mass is 379 g/mol. The maximum absolute atomic E-state index is 12.6. The van der Waals surface area contributed by atoms with Crippen LogP contribution < -0.4 is 14.8 Å². The molecule has 0 aromatic heterocycles. The van der Waals surface area contributed by atoms with Gasteiger partial charge in [0.2, 0.25) is 0 Å². The number of ether oxygens (including phenoxy) is 2. The summed E-state index contributed by atoms with van der Waals surface area (Å²) in [6.45, 7) is 1.73. The lowest BCUT2D eigenvalue weighted by Gasteiger charge is -2.16. The van der Waals surface area contributed by atoms with Crippen LogP contribution in [0.3, 0.4) is 0 Å². The van der Waals surface area contributed by atoms with Gasteiger partial charge in [-0.2, -0.15) is 0 Å². The number of amides is 1. The van der Waals surface area contributed by atoms with Crippen molar-refractivity contribution in [3.63, 3.8) is 0 Å². The first-order valence-electron chi connectivity index (χ1n) is 8.59. The Labute approximate surface area is 163 Å². The number of carbonyl (C=O) groups excluding carboxylic acids is 1. The smallest absolute Gasteiger partial charge is 0.265 e. The van der Waals surface area contributed by atoms with E-state index in [9.17, 15) is 4.79 Å². The van der Waals surface area contributed by atoms with Crippen molar-refractivity contribution in [3.8, 4) is 11.5 Å². The molecule has 3 aromatic carbocycles. The van der Waals surface area contributed by atoms with Gasteiger partial charge in [-0.25, -0.2) is 0 Å². The van der Waals surface area contributed by atoms with Gasteiger partial charge in [-0.1, -0.05) is 42.1 Å². The number of hydrogen-bond acceptors (Lipinski definition) is 4. The lowest BCUT2D eigenvalue weighted by Crippen LogP contribution is -2.30. The zero-order valence-corrected chi connectivity index (χ0v) is 16.0. The number of methoxy groups -OCH3 is 1. The van der Waals surface area contributed by atoms with Crippen LogP contribution in [0.2, 0.25) is 0 Å². The average molecular weight is 379 g/mol. The Kier molecular flexibility index (Phi) is 6.39. The molecule has 1 amide bonds. The number of nitrogens with one attached hydrogen (secondary N) is 1. The zero-order valence-electron chi connectivity index (χ0n) is 15.2. The van der Waals surface area contributed by atoms with E-state index in [2.05, 4.69) is 5.32 Å². The van der Waals surface area contributed by atoms with Crippen molar-refractivity contribution in [2.75, 3.05) is 12.4 Å². The molecule has 0 fully saturated rings. The Morgan fingerprint density at radius 2 is 1.52 bits per heavy atom. The van der Waals surface area contributed by atoms with Crippen LogP contribution in [0.4, 0.5) is 5.69 Å². The van der Waals surface area contributed by atoms with Gasteiger partial charge in [-0.05, 0) is 55.5 Å². The van der Waals surface area contributed by atoms with Crippen LogP contribution in [0.1, 0.15) is 6.92 Å². The van der Waals surface area contributed by atoms with Gasteiger partial charge in [0.1, 0.15) is 11.5 Å². The van der Waals surface area contributed by atoms with E-state index in [0.717, 1.165) is 21.2 Å². The van der Waals surface area contributed by atoms with Crippen molar-refractivity contribution >= 4 is 23.4 Å². The second kappa shape index (κ2) is 9.14. The molecule has 1 N–H and O–H groups in total. The summed E-state index contributed by atoms with van der Waals surface area (Å²) in [5, 5.41) is 2.96. The van der Waals surface area contributed by atoms with E-state index >= 15 is 0 Å². The third-order valence-corrected chi connectivity index (χ3v) is 4.94. The highest BCUT2D eigenvalue weighted by atomic mass is 32.2. The molecule has 3 rings (SSSR count).